The molecule has 0 bridgehead atoms. The number of benzene rings is 4. The summed E-state index contributed by atoms with van der Waals surface area (Å²) in [6.45, 7) is 25.5. The molecule has 1 radical (unpaired) electrons. The van der Waals surface area contributed by atoms with Crippen molar-refractivity contribution in [3.8, 4) is 11.5 Å². The predicted octanol–water partition coefficient (Wildman–Crippen LogP) is 10.2. The second kappa shape index (κ2) is 14.3. The van der Waals surface area contributed by atoms with Crippen LogP contribution in [0.15, 0.2) is 84.9 Å². The van der Waals surface area contributed by atoms with Crippen LogP contribution in [0.4, 0.5) is 22.7 Å². The van der Waals surface area contributed by atoms with Crippen LogP contribution < -0.4 is 20.8 Å². The molecule has 0 saturated carbocycles. The summed E-state index contributed by atoms with van der Waals surface area (Å²) in [6, 6.07) is 27.8. The zero-order valence-corrected chi connectivity index (χ0v) is 30.3. The topological polar surface area (TPSA) is 70.2 Å². The normalized spacial score (nSPS) is 12.0. The Bertz CT molecular complexity index is 1420. The minimum Gasteiger partial charge on any atom is -0.871 e. The fourth-order valence-corrected chi connectivity index (χ4v) is 4.78. The largest absolute Gasteiger partial charge is 2.00 e. The summed E-state index contributed by atoms with van der Waals surface area (Å²) in [6.07, 6.45) is 0. The molecule has 0 aliphatic carbocycles. The second-order valence-corrected chi connectivity index (χ2v) is 15.8. The molecule has 243 valence electrons. The van der Waals surface area contributed by atoms with Crippen LogP contribution in [-0.2, 0) is 38.4 Å². The fourth-order valence-electron chi connectivity index (χ4n) is 4.78. The molecular formula is C40H52CoN2O2. The number of anilines is 4. The molecule has 0 heterocycles. The van der Waals surface area contributed by atoms with Crippen molar-refractivity contribution in [3.63, 3.8) is 0 Å². The maximum Gasteiger partial charge on any atom is 2.00 e. The first-order valence-corrected chi connectivity index (χ1v) is 15.5. The van der Waals surface area contributed by atoms with E-state index in [-0.39, 0.29) is 49.9 Å². The van der Waals surface area contributed by atoms with Crippen LogP contribution in [0.25, 0.3) is 0 Å². The summed E-state index contributed by atoms with van der Waals surface area (Å²) in [5.41, 5.74) is 6.91. The van der Waals surface area contributed by atoms with Crippen molar-refractivity contribution in [2.45, 2.75) is 105 Å². The van der Waals surface area contributed by atoms with Crippen molar-refractivity contribution >= 4 is 22.7 Å². The molecular weight excluding hydrogens is 599 g/mol. The van der Waals surface area contributed by atoms with Gasteiger partial charge in [0, 0.05) is 22.7 Å². The van der Waals surface area contributed by atoms with Gasteiger partial charge in [-0.15, -0.1) is 0 Å². The van der Waals surface area contributed by atoms with Crippen LogP contribution >= 0.6 is 0 Å². The first-order valence-electron chi connectivity index (χ1n) is 15.5. The molecule has 0 atom stereocenters. The van der Waals surface area contributed by atoms with Crippen LogP contribution in [0, 0.1) is 0 Å². The van der Waals surface area contributed by atoms with Crippen molar-refractivity contribution in [1.82, 2.24) is 0 Å². The molecule has 0 saturated heterocycles. The quantitative estimate of drug-likeness (QED) is 0.230. The van der Waals surface area contributed by atoms with Gasteiger partial charge in [0.25, 0.3) is 0 Å². The molecule has 0 fully saturated rings. The summed E-state index contributed by atoms with van der Waals surface area (Å²) < 4.78 is 0. The van der Waals surface area contributed by atoms with E-state index in [2.05, 4.69) is 106 Å². The van der Waals surface area contributed by atoms with E-state index in [4.69, 9.17) is 0 Å². The van der Waals surface area contributed by atoms with Gasteiger partial charge in [0.1, 0.15) is 0 Å². The Morgan fingerprint density at radius 2 is 0.711 bits per heavy atom. The van der Waals surface area contributed by atoms with Gasteiger partial charge in [0.05, 0.1) is 0 Å². The van der Waals surface area contributed by atoms with Gasteiger partial charge in [-0.3, -0.25) is 0 Å². The molecule has 4 aromatic carbocycles. The summed E-state index contributed by atoms with van der Waals surface area (Å²) in [7, 11) is 0. The molecule has 0 aliphatic rings. The van der Waals surface area contributed by atoms with Crippen molar-refractivity contribution in [2.75, 3.05) is 10.6 Å². The van der Waals surface area contributed by atoms with Crippen molar-refractivity contribution in [2.24, 2.45) is 0 Å². The Kier molecular flexibility index (Phi) is 12.0. The fraction of sp³-hybridized carbons (Fsp3) is 0.400. The van der Waals surface area contributed by atoms with Gasteiger partial charge < -0.3 is 20.8 Å². The Morgan fingerprint density at radius 1 is 0.422 bits per heavy atom. The summed E-state index contributed by atoms with van der Waals surface area (Å²) in [5.74, 6) is 0.175. The van der Waals surface area contributed by atoms with Gasteiger partial charge in [0.2, 0.25) is 0 Å². The Morgan fingerprint density at radius 3 is 0.956 bits per heavy atom. The average Bonchev–Trinajstić information content (AvgIpc) is 2.90. The van der Waals surface area contributed by atoms with E-state index in [9.17, 15) is 10.2 Å². The zero-order valence-electron chi connectivity index (χ0n) is 29.2. The molecule has 5 heteroatoms. The van der Waals surface area contributed by atoms with E-state index in [0.29, 0.717) is 11.4 Å². The van der Waals surface area contributed by atoms with Crippen molar-refractivity contribution < 1.29 is 27.0 Å². The van der Waals surface area contributed by atoms with Crippen LogP contribution in [-0.4, -0.2) is 0 Å². The van der Waals surface area contributed by atoms with Crippen molar-refractivity contribution in [3.05, 3.63) is 107 Å². The number of hydrogen-bond acceptors (Lipinski definition) is 4. The zero-order chi connectivity index (χ0) is 33.1. The van der Waals surface area contributed by atoms with Gasteiger partial charge in [0.15, 0.2) is 0 Å². The molecule has 0 aliphatic heterocycles. The molecule has 2 N–H and O–H groups in total. The van der Waals surface area contributed by atoms with E-state index in [0.717, 1.165) is 22.5 Å². The van der Waals surface area contributed by atoms with Crippen LogP contribution in [0.3, 0.4) is 0 Å². The molecule has 0 spiro atoms. The van der Waals surface area contributed by atoms with E-state index < -0.39 is 0 Å². The number of hydrogen-bond donors (Lipinski definition) is 2. The predicted molar refractivity (Wildman–Crippen MR) is 186 cm³/mol. The summed E-state index contributed by atoms with van der Waals surface area (Å²) in [5, 5.41) is 32.2. The number of para-hydroxylation sites is 2. The van der Waals surface area contributed by atoms with Crippen LogP contribution in [0.2, 0.25) is 0 Å². The maximum atomic E-state index is 12.8. The Hall–Kier alpha value is -3.41. The second-order valence-electron chi connectivity index (χ2n) is 15.8. The molecule has 45 heavy (non-hydrogen) atoms. The maximum absolute atomic E-state index is 12.8. The number of nitrogens with one attached hydrogen (secondary N) is 2. The standard InChI is InChI=1S/2C20H27NO.Co/c2*1-19(2,3)14-12-16(20(4,5)6)18(22)17(13-14)21-15-10-8-7-9-11-15;/h2*7-13,21-22H,1-6H3;/q;;+2/p-2. The third-order valence-electron chi connectivity index (χ3n) is 7.63. The van der Waals surface area contributed by atoms with Crippen LogP contribution in [0.5, 0.6) is 11.5 Å². The van der Waals surface area contributed by atoms with Gasteiger partial charge >= 0.3 is 16.8 Å². The smallest absolute Gasteiger partial charge is 0.871 e. The molecule has 4 aromatic rings. The Labute approximate surface area is 282 Å². The van der Waals surface area contributed by atoms with Crippen LogP contribution in [0.1, 0.15) is 105 Å². The summed E-state index contributed by atoms with van der Waals surface area (Å²) in [4.78, 5) is 0. The first kappa shape index (κ1) is 37.8. The monoisotopic (exact) mass is 651 g/mol. The third-order valence-corrected chi connectivity index (χ3v) is 7.63. The first-order chi connectivity index (χ1) is 20.2. The average molecular weight is 652 g/mol. The van der Waals surface area contributed by atoms with E-state index in [1.165, 1.54) is 11.1 Å². The molecule has 4 rings (SSSR count). The molecule has 0 amide bonds. The van der Waals surface area contributed by atoms with Crippen molar-refractivity contribution in [1.29, 1.82) is 0 Å². The minimum absolute atomic E-state index is 0. The SMILES string of the molecule is CC(C)(C)c1cc(Nc2ccccc2)c([O-])c(C(C)(C)C)c1.CC(C)(C)c1cc(Nc2ccccc2)c([O-])c(C(C)(C)C)c1.[Co+2]. The Balaban J connectivity index is 0.000000307. The van der Waals surface area contributed by atoms with Gasteiger partial charge in [-0.2, -0.15) is 0 Å². The summed E-state index contributed by atoms with van der Waals surface area (Å²) >= 11 is 0. The van der Waals surface area contributed by atoms with E-state index in [1.54, 1.807) is 0 Å². The van der Waals surface area contributed by atoms with Gasteiger partial charge in [-0.05, 0) is 80.3 Å². The molecule has 4 nitrogen and oxygen atoms in total. The molecule has 0 aromatic heterocycles. The van der Waals surface area contributed by atoms with Gasteiger partial charge in [-0.25, -0.2) is 0 Å². The van der Waals surface area contributed by atoms with E-state index >= 15 is 0 Å². The third kappa shape index (κ3) is 10.3. The molecule has 0 unspecified atom stereocenters. The minimum atomic E-state index is -0.175. The van der Waals surface area contributed by atoms with Gasteiger partial charge in [-0.1, -0.05) is 143 Å². The van der Waals surface area contributed by atoms with E-state index in [1.807, 2.05) is 72.8 Å². The number of rotatable bonds is 4.